The minimum absolute atomic E-state index is 0.0904. The van der Waals surface area contributed by atoms with E-state index in [0.717, 1.165) is 4.88 Å². The summed E-state index contributed by atoms with van der Waals surface area (Å²) in [6.07, 6.45) is 0.616. The second kappa shape index (κ2) is 10.6. The second-order valence-electron chi connectivity index (χ2n) is 6.46. The molecule has 1 aromatic heterocycles. The zero-order valence-corrected chi connectivity index (χ0v) is 18.9. The van der Waals surface area contributed by atoms with Crippen LogP contribution in [0.2, 0.25) is 0 Å². The molecule has 0 saturated heterocycles. The Morgan fingerprint density at radius 2 is 1.74 bits per heavy atom. The van der Waals surface area contributed by atoms with E-state index < -0.39 is 15.9 Å². The highest BCUT2D eigenvalue weighted by atomic mass is 32.2. The summed E-state index contributed by atoms with van der Waals surface area (Å²) in [5.41, 5.74) is 6.05. The average Bonchev–Trinajstić information content (AvgIpc) is 3.26. The van der Waals surface area contributed by atoms with Crippen molar-refractivity contribution in [1.29, 1.82) is 0 Å². The molecule has 3 aromatic rings. The number of thioether (sulfide) groups is 1. The van der Waals surface area contributed by atoms with Crippen molar-refractivity contribution in [1.82, 2.24) is 4.72 Å². The molecule has 0 aliphatic heterocycles. The van der Waals surface area contributed by atoms with Gasteiger partial charge in [0, 0.05) is 21.9 Å². The summed E-state index contributed by atoms with van der Waals surface area (Å²) in [5.74, 6) is -0.743. The molecule has 31 heavy (non-hydrogen) atoms. The number of amides is 2. The maximum absolute atomic E-state index is 12.6. The average molecular weight is 476 g/mol. The zero-order chi connectivity index (χ0) is 22.3. The number of nitrogens with two attached hydrogens (primary N) is 1. The standard InChI is InChI=1S/C21H21N3O4S3/c22-20(25)14-30-19-6-2-1-5-18(19)24-21(26)15-7-9-17(10-8-15)31(27,28)23-12-11-16-4-3-13-29-16/h1-10,13,23H,11-12,14H2,(H2,22,25)(H,24,26). The van der Waals surface area contributed by atoms with E-state index in [9.17, 15) is 18.0 Å². The molecular weight excluding hydrogens is 454 g/mol. The number of rotatable bonds is 10. The van der Waals surface area contributed by atoms with Crippen molar-refractivity contribution in [3.8, 4) is 0 Å². The third-order valence-corrected chi connectivity index (χ3v) is 7.68. The summed E-state index contributed by atoms with van der Waals surface area (Å²) < 4.78 is 27.5. The molecule has 0 bridgehead atoms. The molecule has 7 nitrogen and oxygen atoms in total. The fourth-order valence-electron chi connectivity index (χ4n) is 2.67. The number of anilines is 1. The van der Waals surface area contributed by atoms with Crippen molar-refractivity contribution in [2.75, 3.05) is 17.6 Å². The summed E-state index contributed by atoms with van der Waals surface area (Å²) in [4.78, 5) is 25.5. The van der Waals surface area contributed by atoms with E-state index in [1.165, 1.54) is 36.0 Å². The molecule has 2 amide bonds. The molecule has 0 aliphatic rings. The van der Waals surface area contributed by atoms with Crippen LogP contribution >= 0.6 is 23.1 Å². The molecular formula is C21H21N3O4S3. The Morgan fingerprint density at radius 3 is 2.42 bits per heavy atom. The van der Waals surface area contributed by atoms with Crippen LogP contribution in [0.25, 0.3) is 0 Å². The zero-order valence-electron chi connectivity index (χ0n) is 16.4. The number of carbonyl (C=O) groups is 2. The number of benzene rings is 2. The lowest BCUT2D eigenvalue weighted by Gasteiger charge is -2.11. The highest BCUT2D eigenvalue weighted by Crippen LogP contribution is 2.27. The number of hydrogen-bond acceptors (Lipinski definition) is 6. The number of nitrogens with one attached hydrogen (secondary N) is 2. The summed E-state index contributed by atoms with van der Waals surface area (Å²) in [5, 5.41) is 4.73. The van der Waals surface area contributed by atoms with Gasteiger partial charge in [-0.15, -0.1) is 23.1 Å². The topological polar surface area (TPSA) is 118 Å². The number of carbonyl (C=O) groups excluding carboxylic acids is 2. The molecule has 0 fully saturated rings. The molecule has 0 aliphatic carbocycles. The van der Waals surface area contributed by atoms with Gasteiger partial charge in [-0.2, -0.15) is 0 Å². The third-order valence-electron chi connectivity index (χ3n) is 4.18. The van der Waals surface area contributed by atoms with Gasteiger partial charge in [0.1, 0.15) is 0 Å². The predicted octanol–water partition coefficient (Wildman–Crippen LogP) is 3.10. The van der Waals surface area contributed by atoms with Gasteiger partial charge in [0.25, 0.3) is 5.91 Å². The lowest BCUT2D eigenvalue weighted by molar-refractivity contribution is -0.115. The van der Waals surface area contributed by atoms with Crippen LogP contribution in [-0.2, 0) is 21.2 Å². The Balaban J connectivity index is 1.63. The summed E-state index contributed by atoms with van der Waals surface area (Å²) in [7, 11) is -3.66. The molecule has 0 atom stereocenters. The lowest BCUT2D eigenvalue weighted by atomic mass is 10.2. The Morgan fingerprint density at radius 1 is 1.00 bits per heavy atom. The fourth-order valence-corrected chi connectivity index (χ4v) is 5.16. The van der Waals surface area contributed by atoms with Crippen LogP contribution < -0.4 is 15.8 Å². The van der Waals surface area contributed by atoms with Crippen molar-refractivity contribution in [3.05, 3.63) is 76.5 Å². The lowest BCUT2D eigenvalue weighted by Crippen LogP contribution is -2.26. The quantitative estimate of drug-likeness (QED) is 0.390. The van der Waals surface area contributed by atoms with Crippen LogP contribution in [0.1, 0.15) is 15.2 Å². The maximum Gasteiger partial charge on any atom is 0.255 e. The summed E-state index contributed by atoms with van der Waals surface area (Å²) >= 11 is 2.81. The summed E-state index contributed by atoms with van der Waals surface area (Å²) in [6, 6.07) is 16.7. The van der Waals surface area contributed by atoms with Gasteiger partial charge in [0.15, 0.2) is 0 Å². The van der Waals surface area contributed by atoms with Crippen molar-refractivity contribution >= 4 is 50.6 Å². The van der Waals surface area contributed by atoms with E-state index in [-0.39, 0.29) is 16.6 Å². The van der Waals surface area contributed by atoms with Crippen LogP contribution in [0.4, 0.5) is 5.69 Å². The number of para-hydroxylation sites is 1. The van der Waals surface area contributed by atoms with Crippen LogP contribution in [0.15, 0.2) is 75.8 Å². The fraction of sp³-hybridized carbons (Fsp3) is 0.143. The molecule has 3 rings (SSSR count). The van der Waals surface area contributed by atoms with Gasteiger partial charge in [-0.05, 0) is 54.3 Å². The third kappa shape index (κ3) is 6.66. The van der Waals surface area contributed by atoms with Gasteiger partial charge in [-0.25, -0.2) is 13.1 Å². The molecule has 1 heterocycles. The SMILES string of the molecule is NC(=O)CSc1ccccc1NC(=O)c1ccc(S(=O)(=O)NCCc2cccs2)cc1. The Kier molecular flexibility index (Phi) is 7.85. The minimum atomic E-state index is -3.66. The van der Waals surface area contributed by atoms with Crippen LogP contribution in [0.3, 0.4) is 0 Å². The van der Waals surface area contributed by atoms with Crippen molar-refractivity contribution < 1.29 is 18.0 Å². The van der Waals surface area contributed by atoms with Gasteiger partial charge in [-0.1, -0.05) is 18.2 Å². The van der Waals surface area contributed by atoms with Crippen molar-refractivity contribution in [2.45, 2.75) is 16.2 Å². The molecule has 0 radical (unpaired) electrons. The first-order chi connectivity index (χ1) is 14.8. The first-order valence-corrected chi connectivity index (χ1v) is 12.6. The van der Waals surface area contributed by atoms with E-state index in [4.69, 9.17) is 5.73 Å². The van der Waals surface area contributed by atoms with Gasteiger partial charge >= 0.3 is 0 Å². The highest BCUT2D eigenvalue weighted by molar-refractivity contribution is 8.00. The molecule has 2 aromatic carbocycles. The normalized spacial score (nSPS) is 11.2. The molecule has 0 unspecified atom stereocenters. The number of hydrogen-bond donors (Lipinski definition) is 3. The smallest absolute Gasteiger partial charge is 0.255 e. The first kappa shape index (κ1) is 23.0. The van der Waals surface area contributed by atoms with E-state index in [2.05, 4.69) is 10.0 Å². The number of thiophene rings is 1. The Labute approximate surface area is 189 Å². The van der Waals surface area contributed by atoms with Crippen molar-refractivity contribution in [2.24, 2.45) is 5.73 Å². The van der Waals surface area contributed by atoms with Crippen molar-refractivity contribution in [3.63, 3.8) is 0 Å². The van der Waals surface area contributed by atoms with Gasteiger partial charge in [0.05, 0.1) is 16.3 Å². The first-order valence-electron chi connectivity index (χ1n) is 9.29. The molecule has 0 spiro atoms. The van der Waals surface area contributed by atoms with Crippen LogP contribution in [-0.4, -0.2) is 32.5 Å². The monoisotopic (exact) mass is 475 g/mol. The largest absolute Gasteiger partial charge is 0.369 e. The second-order valence-corrected chi connectivity index (χ2v) is 10.3. The summed E-state index contributed by atoms with van der Waals surface area (Å²) in [6.45, 7) is 0.296. The Hall–Kier alpha value is -2.66. The van der Waals surface area contributed by atoms with Crippen LogP contribution in [0, 0.1) is 0 Å². The number of primary amides is 1. The van der Waals surface area contributed by atoms with E-state index >= 15 is 0 Å². The Bertz CT molecular complexity index is 1140. The highest BCUT2D eigenvalue weighted by Gasteiger charge is 2.15. The van der Waals surface area contributed by atoms with Gasteiger partial charge < -0.3 is 11.1 Å². The molecule has 162 valence electrons. The van der Waals surface area contributed by atoms with Crippen LogP contribution in [0.5, 0.6) is 0 Å². The van der Waals surface area contributed by atoms with Gasteiger partial charge in [0.2, 0.25) is 15.9 Å². The van der Waals surface area contributed by atoms with E-state index in [1.54, 1.807) is 35.6 Å². The molecule has 10 heteroatoms. The van der Waals surface area contributed by atoms with E-state index in [1.807, 2.05) is 17.5 Å². The predicted molar refractivity (Wildman–Crippen MR) is 124 cm³/mol. The molecule has 4 N–H and O–H groups in total. The van der Waals surface area contributed by atoms with Gasteiger partial charge in [-0.3, -0.25) is 9.59 Å². The minimum Gasteiger partial charge on any atom is -0.369 e. The maximum atomic E-state index is 12.6. The number of sulfonamides is 1. The molecule has 0 saturated carbocycles. The van der Waals surface area contributed by atoms with E-state index in [0.29, 0.717) is 29.1 Å².